The zero-order valence-corrected chi connectivity index (χ0v) is 8.77. The molecule has 0 aromatic heterocycles. The minimum atomic E-state index is -0.0744. The second-order valence-electron chi connectivity index (χ2n) is 2.69. The van der Waals surface area contributed by atoms with Crippen molar-refractivity contribution < 1.29 is 4.79 Å². The van der Waals surface area contributed by atoms with E-state index < -0.39 is 0 Å². The smallest absolute Gasteiger partial charge is 0.316 e. The fraction of sp³-hybridized carbons (Fsp3) is 0.625. The van der Waals surface area contributed by atoms with E-state index in [9.17, 15) is 4.79 Å². The maximum absolute atomic E-state index is 11.0. The van der Waals surface area contributed by atoms with E-state index in [0.717, 1.165) is 13.1 Å². The Hall–Kier alpha value is -0.740. The summed E-state index contributed by atoms with van der Waals surface area (Å²) in [6.07, 6.45) is 1.80. The van der Waals surface area contributed by atoms with Gasteiger partial charge in [0.1, 0.15) is 0 Å². The molecule has 0 bridgehead atoms. The monoisotopic (exact) mass is 205 g/mol. The lowest BCUT2D eigenvalue weighted by Crippen LogP contribution is -2.38. The van der Waals surface area contributed by atoms with Gasteiger partial charge in [-0.15, -0.1) is 0 Å². The summed E-state index contributed by atoms with van der Waals surface area (Å²) < 4.78 is 0. The van der Waals surface area contributed by atoms with Crippen LogP contribution in [0.25, 0.3) is 0 Å². The standard InChI is InChI=1S/C8H16ClN3O/c1-12(2)8(13)11-7-6-10-5-3-4-9/h3-4,10H,5-7H2,1-2H3,(H,11,13)/b4-3+. The molecule has 0 aromatic carbocycles. The van der Waals surface area contributed by atoms with Gasteiger partial charge in [0, 0.05) is 39.3 Å². The van der Waals surface area contributed by atoms with Crippen LogP contribution < -0.4 is 10.6 Å². The molecule has 2 N–H and O–H groups in total. The normalized spacial score (nSPS) is 10.4. The quantitative estimate of drug-likeness (QED) is 0.646. The Labute approximate surface area is 83.9 Å². The van der Waals surface area contributed by atoms with E-state index >= 15 is 0 Å². The number of hydrogen-bond acceptors (Lipinski definition) is 2. The van der Waals surface area contributed by atoms with Gasteiger partial charge in [-0.05, 0) is 0 Å². The Bertz CT molecular complexity index is 171. The van der Waals surface area contributed by atoms with Crippen LogP contribution in [0, 0.1) is 0 Å². The average Bonchev–Trinajstić information content (AvgIpc) is 2.10. The molecule has 0 heterocycles. The number of nitrogens with zero attached hydrogens (tertiary/aromatic N) is 1. The van der Waals surface area contributed by atoms with E-state index in [0.29, 0.717) is 6.54 Å². The molecule has 13 heavy (non-hydrogen) atoms. The van der Waals surface area contributed by atoms with Crippen LogP contribution in [-0.2, 0) is 0 Å². The summed E-state index contributed by atoms with van der Waals surface area (Å²) in [6, 6.07) is -0.0744. The molecular weight excluding hydrogens is 190 g/mol. The maximum Gasteiger partial charge on any atom is 0.316 e. The highest BCUT2D eigenvalue weighted by Gasteiger charge is 1.99. The molecule has 0 fully saturated rings. The number of hydrogen-bond donors (Lipinski definition) is 2. The minimum absolute atomic E-state index is 0.0744. The zero-order chi connectivity index (χ0) is 10.1. The number of amides is 2. The molecular formula is C8H16ClN3O. The number of urea groups is 1. The van der Waals surface area contributed by atoms with Crippen molar-refractivity contribution in [3.63, 3.8) is 0 Å². The van der Waals surface area contributed by atoms with E-state index in [-0.39, 0.29) is 6.03 Å². The number of rotatable bonds is 5. The molecule has 0 aliphatic carbocycles. The van der Waals surface area contributed by atoms with Crippen LogP contribution in [0.4, 0.5) is 4.79 Å². The Balaban J connectivity index is 3.21. The molecule has 0 unspecified atom stereocenters. The van der Waals surface area contributed by atoms with Crippen molar-refractivity contribution in [2.75, 3.05) is 33.7 Å². The predicted molar refractivity (Wildman–Crippen MR) is 54.9 cm³/mol. The number of nitrogens with one attached hydrogen (secondary N) is 2. The maximum atomic E-state index is 11.0. The van der Waals surface area contributed by atoms with Gasteiger partial charge >= 0.3 is 6.03 Å². The van der Waals surface area contributed by atoms with Gasteiger partial charge in [0.2, 0.25) is 0 Å². The third kappa shape index (κ3) is 7.62. The Morgan fingerprint density at radius 1 is 1.46 bits per heavy atom. The van der Waals surface area contributed by atoms with E-state index in [4.69, 9.17) is 11.6 Å². The van der Waals surface area contributed by atoms with Gasteiger partial charge in [-0.3, -0.25) is 0 Å². The Morgan fingerprint density at radius 3 is 2.69 bits per heavy atom. The summed E-state index contributed by atoms with van der Waals surface area (Å²) in [4.78, 5) is 12.5. The molecule has 4 nitrogen and oxygen atoms in total. The van der Waals surface area contributed by atoms with Gasteiger partial charge in [0.05, 0.1) is 0 Å². The Morgan fingerprint density at radius 2 is 2.15 bits per heavy atom. The number of carbonyl (C=O) groups is 1. The Kier molecular flexibility index (Phi) is 7.44. The molecule has 0 aliphatic rings. The molecule has 0 saturated carbocycles. The van der Waals surface area contributed by atoms with Gasteiger partial charge < -0.3 is 15.5 Å². The van der Waals surface area contributed by atoms with Crippen molar-refractivity contribution in [1.82, 2.24) is 15.5 Å². The average molecular weight is 206 g/mol. The first-order chi connectivity index (χ1) is 6.18. The highest BCUT2D eigenvalue weighted by molar-refractivity contribution is 6.25. The van der Waals surface area contributed by atoms with Crippen molar-refractivity contribution in [3.8, 4) is 0 Å². The summed E-state index contributed by atoms with van der Waals surface area (Å²) in [5, 5.41) is 5.80. The van der Waals surface area contributed by atoms with Crippen molar-refractivity contribution in [3.05, 3.63) is 11.6 Å². The molecule has 0 spiro atoms. The third-order valence-electron chi connectivity index (χ3n) is 1.34. The van der Waals surface area contributed by atoms with Crippen molar-refractivity contribution >= 4 is 17.6 Å². The summed E-state index contributed by atoms with van der Waals surface area (Å²) in [7, 11) is 3.41. The molecule has 0 aromatic rings. The number of halogens is 1. The van der Waals surface area contributed by atoms with Crippen molar-refractivity contribution in [2.45, 2.75) is 0 Å². The van der Waals surface area contributed by atoms with Gasteiger partial charge in [0.15, 0.2) is 0 Å². The molecule has 2 amide bonds. The lowest BCUT2D eigenvalue weighted by Gasteiger charge is -2.11. The highest BCUT2D eigenvalue weighted by atomic mass is 35.5. The lowest BCUT2D eigenvalue weighted by atomic mass is 10.5. The second-order valence-corrected chi connectivity index (χ2v) is 2.94. The first-order valence-corrected chi connectivity index (χ1v) is 4.53. The summed E-state index contributed by atoms with van der Waals surface area (Å²) >= 11 is 5.31. The SMILES string of the molecule is CN(C)C(=O)NCCNC/C=C/Cl. The van der Waals surface area contributed by atoms with Crippen LogP contribution in [-0.4, -0.2) is 44.7 Å². The fourth-order valence-corrected chi connectivity index (χ4v) is 0.735. The highest BCUT2D eigenvalue weighted by Crippen LogP contribution is 1.76. The van der Waals surface area contributed by atoms with Crippen molar-refractivity contribution in [1.29, 1.82) is 0 Å². The van der Waals surface area contributed by atoms with Crippen LogP contribution in [0.15, 0.2) is 11.6 Å². The minimum Gasteiger partial charge on any atom is -0.337 e. The molecule has 76 valence electrons. The third-order valence-corrected chi connectivity index (χ3v) is 1.51. The van der Waals surface area contributed by atoms with E-state index in [1.165, 1.54) is 10.4 Å². The van der Waals surface area contributed by atoms with Crippen LogP contribution >= 0.6 is 11.6 Å². The van der Waals surface area contributed by atoms with Gasteiger partial charge in [0.25, 0.3) is 0 Å². The fourth-order valence-electron chi connectivity index (χ4n) is 0.646. The second kappa shape index (κ2) is 7.89. The first-order valence-electron chi connectivity index (χ1n) is 4.09. The van der Waals surface area contributed by atoms with Gasteiger partial charge in [-0.2, -0.15) is 0 Å². The molecule has 0 aliphatic heterocycles. The van der Waals surface area contributed by atoms with Gasteiger partial charge in [-0.1, -0.05) is 17.7 Å². The zero-order valence-electron chi connectivity index (χ0n) is 8.01. The topological polar surface area (TPSA) is 44.4 Å². The number of carbonyl (C=O) groups excluding carboxylic acids is 1. The largest absolute Gasteiger partial charge is 0.337 e. The molecule has 0 radical (unpaired) electrons. The molecule has 0 atom stereocenters. The summed E-state index contributed by atoms with van der Waals surface area (Å²) in [5.41, 5.74) is 1.46. The summed E-state index contributed by atoms with van der Waals surface area (Å²) in [5.74, 6) is 0. The molecule has 5 heteroatoms. The van der Waals surface area contributed by atoms with Crippen molar-refractivity contribution in [2.24, 2.45) is 0 Å². The van der Waals surface area contributed by atoms with E-state index in [1.807, 2.05) is 0 Å². The van der Waals surface area contributed by atoms with Crippen LogP contribution in [0.2, 0.25) is 0 Å². The molecule has 0 rings (SSSR count). The molecule has 0 saturated heterocycles. The van der Waals surface area contributed by atoms with Crippen LogP contribution in [0.5, 0.6) is 0 Å². The van der Waals surface area contributed by atoms with E-state index in [2.05, 4.69) is 10.6 Å². The van der Waals surface area contributed by atoms with Crippen LogP contribution in [0.1, 0.15) is 0 Å². The predicted octanol–water partition coefficient (Wildman–Crippen LogP) is 0.600. The lowest BCUT2D eigenvalue weighted by molar-refractivity contribution is 0.217. The summed E-state index contributed by atoms with van der Waals surface area (Å²) in [6.45, 7) is 2.08. The van der Waals surface area contributed by atoms with E-state index in [1.54, 1.807) is 20.2 Å². The first kappa shape index (κ1) is 12.3. The van der Waals surface area contributed by atoms with Crippen LogP contribution in [0.3, 0.4) is 0 Å². The van der Waals surface area contributed by atoms with Gasteiger partial charge in [-0.25, -0.2) is 4.79 Å².